The second-order valence-corrected chi connectivity index (χ2v) is 7.72. The van der Waals surface area contributed by atoms with Crippen LogP contribution in [0.2, 0.25) is 0 Å². The molecule has 0 spiro atoms. The fraction of sp³-hybridized carbons (Fsp3) is 0.714. The highest BCUT2D eigenvalue weighted by molar-refractivity contribution is 14.0. The van der Waals surface area contributed by atoms with E-state index in [-0.39, 0.29) is 29.9 Å². The number of nitrogens with one attached hydrogen (secondary N) is 2. The summed E-state index contributed by atoms with van der Waals surface area (Å²) in [5.41, 5.74) is 0. The van der Waals surface area contributed by atoms with Gasteiger partial charge in [-0.05, 0) is 30.9 Å². The lowest BCUT2D eigenvalue weighted by atomic mass is 9.93. The van der Waals surface area contributed by atoms with E-state index in [2.05, 4.69) is 20.4 Å². The number of hydrogen-bond donors (Lipinski definition) is 2. The summed E-state index contributed by atoms with van der Waals surface area (Å²) in [4.78, 5) is 21.3. The number of likely N-dealkylation sites (tertiary alicyclic amines) is 1. The molecule has 2 aliphatic rings. The number of morpholine rings is 1. The van der Waals surface area contributed by atoms with Crippen molar-refractivity contribution in [2.75, 3.05) is 66.1 Å². The number of carbonyl (C=O) groups excluding carboxylic acids is 1. The van der Waals surface area contributed by atoms with E-state index in [1.807, 2.05) is 12.1 Å². The SMILES string of the molecule is CNC(=O)CC1CCN(C(=NCCN2CCOCC2)NCCc2ccco2)CC1.I. The molecule has 9 heteroatoms. The zero-order valence-corrected chi connectivity index (χ0v) is 20.3. The maximum absolute atomic E-state index is 11.7. The zero-order valence-electron chi connectivity index (χ0n) is 18.0. The first-order chi connectivity index (χ1) is 14.2. The van der Waals surface area contributed by atoms with E-state index in [0.29, 0.717) is 12.3 Å². The summed E-state index contributed by atoms with van der Waals surface area (Å²) in [7, 11) is 1.71. The number of halogens is 1. The van der Waals surface area contributed by atoms with Crippen LogP contribution < -0.4 is 10.6 Å². The molecule has 2 saturated heterocycles. The van der Waals surface area contributed by atoms with Crippen LogP contribution in [-0.4, -0.2) is 87.7 Å². The van der Waals surface area contributed by atoms with Crippen molar-refractivity contribution in [1.82, 2.24) is 20.4 Å². The van der Waals surface area contributed by atoms with Gasteiger partial charge in [-0.25, -0.2) is 0 Å². The smallest absolute Gasteiger partial charge is 0.220 e. The molecule has 0 saturated carbocycles. The van der Waals surface area contributed by atoms with Crippen LogP contribution in [0.15, 0.2) is 27.8 Å². The largest absolute Gasteiger partial charge is 0.469 e. The van der Waals surface area contributed by atoms with Crippen LogP contribution in [-0.2, 0) is 16.0 Å². The van der Waals surface area contributed by atoms with E-state index in [0.717, 1.165) is 90.0 Å². The van der Waals surface area contributed by atoms with Gasteiger partial charge in [0.15, 0.2) is 5.96 Å². The number of carbonyl (C=O) groups is 1. The maximum atomic E-state index is 11.7. The highest BCUT2D eigenvalue weighted by Gasteiger charge is 2.23. The third-order valence-electron chi connectivity index (χ3n) is 5.68. The average molecular weight is 533 g/mol. The number of ether oxygens (including phenoxy) is 1. The van der Waals surface area contributed by atoms with E-state index in [1.54, 1.807) is 13.3 Å². The molecular weight excluding hydrogens is 497 g/mol. The third-order valence-corrected chi connectivity index (χ3v) is 5.68. The third kappa shape index (κ3) is 8.43. The lowest BCUT2D eigenvalue weighted by Crippen LogP contribution is -2.47. The number of aliphatic imine (C=N–C) groups is 1. The molecule has 0 bridgehead atoms. The molecule has 0 radical (unpaired) electrons. The quantitative estimate of drug-likeness (QED) is 0.300. The van der Waals surface area contributed by atoms with Crippen molar-refractivity contribution in [2.45, 2.75) is 25.7 Å². The Bertz CT molecular complexity index is 627. The maximum Gasteiger partial charge on any atom is 0.220 e. The van der Waals surface area contributed by atoms with Crippen molar-refractivity contribution >= 4 is 35.8 Å². The molecule has 8 nitrogen and oxygen atoms in total. The van der Waals surface area contributed by atoms with Gasteiger partial charge in [0, 0.05) is 59.2 Å². The molecule has 2 N–H and O–H groups in total. The Hall–Kier alpha value is -1.33. The molecule has 170 valence electrons. The number of rotatable bonds is 8. The monoisotopic (exact) mass is 533 g/mol. The van der Waals surface area contributed by atoms with Crippen molar-refractivity contribution in [3.63, 3.8) is 0 Å². The molecule has 0 aromatic carbocycles. The fourth-order valence-electron chi connectivity index (χ4n) is 3.86. The van der Waals surface area contributed by atoms with Crippen molar-refractivity contribution in [2.24, 2.45) is 10.9 Å². The van der Waals surface area contributed by atoms with E-state index in [1.165, 1.54) is 0 Å². The molecule has 2 fully saturated rings. The summed E-state index contributed by atoms with van der Waals surface area (Å²) in [6.45, 7) is 8.01. The topological polar surface area (TPSA) is 82.3 Å². The molecule has 2 aliphatic heterocycles. The van der Waals surface area contributed by atoms with Crippen LogP contribution in [0.3, 0.4) is 0 Å². The highest BCUT2D eigenvalue weighted by atomic mass is 127. The Morgan fingerprint density at radius 3 is 2.67 bits per heavy atom. The van der Waals surface area contributed by atoms with Gasteiger partial charge >= 0.3 is 0 Å². The second-order valence-electron chi connectivity index (χ2n) is 7.72. The molecular formula is C21H36IN5O3. The first kappa shape index (κ1) is 24.9. The number of hydrogen-bond acceptors (Lipinski definition) is 5. The van der Waals surface area contributed by atoms with E-state index < -0.39 is 0 Å². The van der Waals surface area contributed by atoms with Gasteiger partial charge in [0.05, 0.1) is 26.0 Å². The summed E-state index contributed by atoms with van der Waals surface area (Å²) < 4.78 is 10.9. The number of furan rings is 1. The average Bonchev–Trinajstić information content (AvgIpc) is 3.27. The van der Waals surface area contributed by atoms with Crippen molar-refractivity contribution in [3.8, 4) is 0 Å². The summed E-state index contributed by atoms with van der Waals surface area (Å²) in [5, 5.41) is 6.26. The first-order valence-corrected chi connectivity index (χ1v) is 10.8. The lowest BCUT2D eigenvalue weighted by molar-refractivity contribution is -0.121. The van der Waals surface area contributed by atoms with Crippen LogP contribution >= 0.6 is 24.0 Å². The Kier molecular flexibility index (Phi) is 11.5. The normalized spacial score (nSPS) is 18.7. The van der Waals surface area contributed by atoms with E-state index in [4.69, 9.17) is 14.1 Å². The van der Waals surface area contributed by atoms with Crippen LogP contribution in [0, 0.1) is 5.92 Å². The molecule has 3 heterocycles. The number of guanidine groups is 1. The second kappa shape index (κ2) is 13.9. The summed E-state index contributed by atoms with van der Waals surface area (Å²) in [6.07, 6.45) is 5.22. The van der Waals surface area contributed by atoms with Crippen LogP contribution in [0.5, 0.6) is 0 Å². The van der Waals surface area contributed by atoms with Gasteiger partial charge < -0.3 is 24.7 Å². The summed E-state index contributed by atoms with van der Waals surface area (Å²) >= 11 is 0. The standard InChI is InChI=1S/C21H35N5O3.HI/c1-22-20(27)17-18-5-9-26(10-6-18)21(23-7-4-19-3-2-14-29-19)24-8-11-25-12-15-28-16-13-25;/h2-3,14,18H,4-13,15-17H2,1H3,(H,22,27)(H,23,24);1H. The zero-order chi connectivity index (χ0) is 20.3. The highest BCUT2D eigenvalue weighted by Crippen LogP contribution is 2.20. The van der Waals surface area contributed by atoms with Gasteiger partial charge in [-0.1, -0.05) is 0 Å². The van der Waals surface area contributed by atoms with Gasteiger partial charge in [0.1, 0.15) is 5.76 Å². The summed E-state index contributed by atoms with van der Waals surface area (Å²) in [5.74, 6) is 2.56. The molecule has 3 rings (SSSR count). The number of nitrogens with zero attached hydrogens (tertiary/aromatic N) is 3. The Balaban J connectivity index is 0.00000320. The number of piperidine rings is 1. The Morgan fingerprint density at radius 2 is 2.00 bits per heavy atom. The molecule has 1 aromatic rings. The minimum atomic E-state index is 0. The lowest BCUT2D eigenvalue weighted by Gasteiger charge is -2.34. The van der Waals surface area contributed by atoms with Crippen molar-refractivity contribution < 1.29 is 13.9 Å². The van der Waals surface area contributed by atoms with Crippen LogP contribution in [0.25, 0.3) is 0 Å². The molecule has 0 aliphatic carbocycles. The molecule has 30 heavy (non-hydrogen) atoms. The van der Waals surface area contributed by atoms with Crippen molar-refractivity contribution in [3.05, 3.63) is 24.2 Å². The van der Waals surface area contributed by atoms with E-state index >= 15 is 0 Å². The fourth-order valence-corrected chi connectivity index (χ4v) is 3.86. The van der Waals surface area contributed by atoms with Gasteiger partial charge in [-0.3, -0.25) is 14.7 Å². The van der Waals surface area contributed by atoms with Crippen LogP contribution in [0.1, 0.15) is 25.0 Å². The van der Waals surface area contributed by atoms with Crippen molar-refractivity contribution in [1.29, 1.82) is 0 Å². The predicted octanol–water partition coefficient (Wildman–Crippen LogP) is 1.57. The molecule has 0 atom stereocenters. The predicted molar refractivity (Wildman–Crippen MR) is 128 cm³/mol. The van der Waals surface area contributed by atoms with E-state index in [9.17, 15) is 4.79 Å². The van der Waals surface area contributed by atoms with Gasteiger partial charge in [-0.15, -0.1) is 24.0 Å². The molecule has 0 unspecified atom stereocenters. The Labute approximate surface area is 196 Å². The molecule has 1 aromatic heterocycles. The summed E-state index contributed by atoms with van der Waals surface area (Å²) in [6, 6.07) is 3.92. The molecule has 1 amide bonds. The Morgan fingerprint density at radius 1 is 1.23 bits per heavy atom. The first-order valence-electron chi connectivity index (χ1n) is 10.8. The van der Waals surface area contributed by atoms with Gasteiger partial charge in [0.25, 0.3) is 0 Å². The minimum absolute atomic E-state index is 0. The van der Waals surface area contributed by atoms with Crippen LogP contribution in [0.4, 0.5) is 0 Å². The van der Waals surface area contributed by atoms with Gasteiger partial charge in [-0.2, -0.15) is 0 Å². The van der Waals surface area contributed by atoms with Gasteiger partial charge in [0.2, 0.25) is 5.91 Å². The number of amides is 1. The minimum Gasteiger partial charge on any atom is -0.469 e.